The van der Waals surface area contributed by atoms with Crippen LogP contribution >= 0.6 is 11.6 Å². The maximum Gasteiger partial charge on any atom is 0.238 e. The van der Waals surface area contributed by atoms with Crippen LogP contribution in [-0.2, 0) is 13.1 Å². The molecule has 1 aromatic carbocycles. The summed E-state index contributed by atoms with van der Waals surface area (Å²) in [5.74, 6) is 1.07. The summed E-state index contributed by atoms with van der Waals surface area (Å²) in [5.41, 5.74) is 2.07. The second kappa shape index (κ2) is 7.92. The van der Waals surface area contributed by atoms with Gasteiger partial charge in [0.05, 0.1) is 16.9 Å². The third-order valence-corrected chi connectivity index (χ3v) is 4.25. The number of nitrogens with zero attached hydrogens (tertiary/aromatic N) is 4. The molecule has 0 aliphatic carbocycles. The molecule has 1 aliphatic heterocycles. The van der Waals surface area contributed by atoms with E-state index in [1.54, 1.807) is 12.4 Å². The minimum atomic E-state index is 0.462. The summed E-state index contributed by atoms with van der Waals surface area (Å²) in [4.78, 5) is 13.1. The van der Waals surface area contributed by atoms with Crippen molar-refractivity contribution in [3.05, 3.63) is 46.9 Å². The summed E-state index contributed by atoms with van der Waals surface area (Å²) in [6.07, 6.45) is 5.93. The van der Waals surface area contributed by atoms with E-state index in [-0.39, 0.29) is 0 Å². The van der Waals surface area contributed by atoms with Crippen LogP contribution in [-0.4, -0.2) is 47.0 Å². The molecule has 0 amide bonds. The van der Waals surface area contributed by atoms with Crippen molar-refractivity contribution in [3.63, 3.8) is 0 Å². The van der Waals surface area contributed by atoms with Gasteiger partial charge < -0.3 is 9.64 Å². The Labute approximate surface area is 148 Å². The van der Waals surface area contributed by atoms with Crippen LogP contribution < -0.4 is 4.74 Å². The van der Waals surface area contributed by atoms with Gasteiger partial charge in [-0.3, -0.25) is 9.88 Å². The van der Waals surface area contributed by atoms with E-state index < -0.39 is 0 Å². The molecule has 0 radical (unpaired) electrons. The molecule has 2 aromatic rings. The van der Waals surface area contributed by atoms with Gasteiger partial charge in [0, 0.05) is 19.3 Å². The van der Waals surface area contributed by atoms with Crippen LogP contribution in [0.15, 0.2) is 30.6 Å². The highest BCUT2D eigenvalue weighted by molar-refractivity contribution is 6.32. The smallest absolute Gasteiger partial charge is 0.238 e. The largest absolute Gasteiger partial charge is 0.436 e. The molecular weight excluding hydrogens is 324 g/mol. The van der Waals surface area contributed by atoms with Crippen LogP contribution in [0, 0.1) is 0 Å². The van der Waals surface area contributed by atoms with Gasteiger partial charge in [-0.25, -0.2) is 4.98 Å². The monoisotopic (exact) mass is 346 g/mol. The Morgan fingerprint density at radius 3 is 2.71 bits per heavy atom. The Morgan fingerprint density at radius 2 is 2.00 bits per heavy atom. The van der Waals surface area contributed by atoms with E-state index in [1.165, 1.54) is 31.5 Å². The summed E-state index contributed by atoms with van der Waals surface area (Å²) in [6, 6.07) is 5.96. The number of halogens is 1. The van der Waals surface area contributed by atoms with E-state index in [0.29, 0.717) is 23.2 Å². The van der Waals surface area contributed by atoms with Crippen molar-refractivity contribution >= 4 is 11.6 Å². The van der Waals surface area contributed by atoms with Crippen LogP contribution in [0.2, 0.25) is 5.02 Å². The van der Waals surface area contributed by atoms with Crippen molar-refractivity contribution < 1.29 is 4.74 Å². The Hall–Kier alpha value is -1.69. The topological polar surface area (TPSA) is 41.5 Å². The summed E-state index contributed by atoms with van der Waals surface area (Å²) >= 11 is 6.39. The zero-order valence-corrected chi connectivity index (χ0v) is 15.0. The maximum absolute atomic E-state index is 6.39. The highest BCUT2D eigenvalue weighted by atomic mass is 35.5. The van der Waals surface area contributed by atoms with Crippen LogP contribution in [0.5, 0.6) is 11.6 Å². The van der Waals surface area contributed by atoms with Crippen LogP contribution in [0.1, 0.15) is 24.1 Å². The number of ether oxygens (including phenoxy) is 1. The molecule has 0 N–H and O–H groups in total. The predicted molar refractivity (Wildman–Crippen MR) is 95.5 cm³/mol. The van der Waals surface area contributed by atoms with E-state index in [2.05, 4.69) is 20.9 Å². The number of hydrogen-bond donors (Lipinski definition) is 0. The quantitative estimate of drug-likeness (QED) is 0.799. The number of aromatic nitrogens is 2. The minimum absolute atomic E-state index is 0.462. The van der Waals surface area contributed by atoms with Crippen molar-refractivity contribution in [3.8, 4) is 11.6 Å². The average Bonchev–Trinajstić information content (AvgIpc) is 3.03. The molecule has 2 heterocycles. The lowest BCUT2D eigenvalue weighted by molar-refractivity contribution is 0.331. The zero-order valence-electron chi connectivity index (χ0n) is 14.2. The molecule has 3 rings (SSSR count). The fraction of sp³-hybridized carbons (Fsp3) is 0.444. The first kappa shape index (κ1) is 17.1. The van der Waals surface area contributed by atoms with Gasteiger partial charge in [0.15, 0.2) is 0 Å². The van der Waals surface area contributed by atoms with E-state index >= 15 is 0 Å². The second-order valence-corrected chi connectivity index (χ2v) is 6.84. The minimum Gasteiger partial charge on any atom is -0.436 e. The fourth-order valence-electron chi connectivity index (χ4n) is 2.87. The number of rotatable bonds is 6. The van der Waals surface area contributed by atoms with Crippen LogP contribution in [0.4, 0.5) is 0 Å². The lowest BCUT2D eigenvalue weighted by atomic mass is 10.2. The molecule has 0 saturated carbocycles. The summed E-state index contributed by atoms with van der Waals surface area (Å²) < 4.78 is 5.82. The van der Waals surface area contributed by atoms with E-state index in [1.807, 2.05) is 31.1 Å². The van der Waals surface area contributed by atoms with Gasteiger partial charge in [0.2, 0.25) is 5.88 Å². The highest BCUT2D eigenvalue weighted by Crippen LogP contribution is 2.30. The summed E-state index contributed by atoms with van der Waals surface area (Å²) in [7, 11) is 3.98. The van der Waals surface area contributed by atoms with E-state index in [0.717, 1.165) is 12.2 Å². The first-order valence-corrected chi connectivity index (χ1v) is 8.62. The summed E-state index contributed by atoms with van der Waals surface area (Å²) in [6.45, 7) is 4.00. The molecule has 1 aromatic heterocycles. The lowest BCUT2D eigenvalue weighted by Gasteiger charge is -2.15. The Bertz CT molecular complexity index is 686. The third kappa shape index (κ3) is 4.66. The highest BCUT2D eigenvalue weighted by Gasteiger charge is 2.13. The van der Waals surface area contributed by atoms with Crippen molar-refractivity contribution in [2.75, 3.05) is 27.2 Å². The maximum atomic E-state index is 6.39. The van der Waals surface area contributed by atoms with Gasteiger partial charge in [0.25, 0.3) is 0 Å². The molecule has 24 heavy (non-hydrogen) atoms. The number of benzene rings is 1. The molecule has 0 bridgehead atoms. The Morgan fingerprint density at radius 1 is 1.21 bits per heavy atom. The number of hydrogen-bond acceptors (Lipinski definition) is 5. The van der Waals surface area contributed by atoms with Crippen molar-refractivity contribution in [2.45, 2.75) is 25.9 Å². The molecule has 5 nitrogen and oxygen atoms in total. The number of likely N-dealkylation sites (tertiary alicyclic amines) is 1. The van der Waals surface area contributed by atoms with Gasteiger partial charge in [-0.05, 0) is 57.7 Å². The van der Waals surface area contributed by atoms with E-state index in [4.69, 9.17) is 16.3 Å². The first-order chi connectivity index (χ1) is 11.6. The normalized spacial score (nSPS) is 15.2. The Kier molecular flexibility index (Phi) is 5.66. The first-order valence-electron chi connectivity index (χ1n) is 8.24. The van der Waals surface area contributed by atoms with Gasteiger partial charge >= 0.3 is 0 Å². The molecule has 1 fully saturated rings. The lowest BCUT2D eigenvalue weighted by Crippen LogP contribution is -2.18. The second-order valence-electron chi connectivity index (χ2n) is 6.44. The molecule has 1 aliphatic rings. The zero-order chi connectivity index (χ0) is 16.9. The molecule has 0 spiro atoms. The average molecular weight is 347 g/mol. The molecule has 128 valence electrons. The third-order valence-electron chi connectivity index (χ3n) is 3.96. The molecule has 1 saturated heterocycles. The van der Waals surface area contributed by atoms with Crippen molar-refractivity contribution in [2.24, 2.45) is 0 Å². The molecule has 0 unspecified atom stereocenters. The standard InChI is InChI=1S/C18H23ClN4O/c1-22(2)13-15-10-20-11-18(21-15)24-17-6-5-14(9-16(17)19)12-23-7-3-4-8-23/h5-6,9-11H,3-4,7-8,12-13H2,1-2H3. The van der Waals surface area contributed by atoms with E-state index in [9.17, 15) is 0 Å². The molecule has 6 heteroatoms. The predicted octanol–water partition coefficient (Wildman–Crippen LogP) is 3.58. The van der Waals surface area contributed by atoms with Crippen LogP contribution in [0.3, 0.4) is 0 Å². The SMILES string of the molecule is CN(C)Cc1cncc(Oc2ccc(CN3CCCC3)cc2Cl)n1. The molecular formula is C18H23ClN4O. The molecule has 0 atom stereocenters. The fourth-order valence-corrected chi connectivity index (χ4v) is 3.11. The van der Waals surface area contributed by atoms with Crippen molar-refractivity contribution in [1.29, 1.82) is 0 Å². The van der Waals surface area contributed by atoms with Gasteiger partial charge in [0.1, 0.15) is 5.75 Å². The van der Waals surface area contributed by atoms with Crippen LogP contribution in [0.25, 0.3) is 0 Å². The Balaban J connectivity index is 1.68. The van der Waals surface area contributed by atoms with Gasteiger partial charge in [-0.1, -0.05) is 17.7 Å². The van der Waals surface area contributed by atoms with Gasteiger partial charge in [-0.2, -0.15) is 0 Å². The summed E-state index contributed by atoms with van der Waals surface area (Å²) in [5, 5.41) is 0.603. The van der Waals surface area contributed by atoms with Gasteiger partial charge in [-0.15, -0.1) is 0 Å². The van der Waals surface area contributed by atoms with Crippen molar-refractivity contribution in [1.82, 2.24) is 19.8 Å².